The average molecular weight is 303 g/mol. The highest BCUT2D eigenvalue weighted by Crippen LogP contribution is 2.18. The number of nitrogen functional groups attached to an aromatic ring is 1. The Morgan fingerprint density at radius 1 is 1.35 bits per heavy atom. The molecule has 0 aliphatic carbocycles. The van der Waals surface area contributed by atoms with Crippen LogP contribution in [-0.4, -0.2) is 27.4 Å². The van der Waals surface area contributed by atoms with Crippen molar-refractivity contribution in [2.45, 2.75) is 24.7 Å². The van der Waals surface area contributed by atoms with E-state index in [0.29, 0.717) is 6.54 Å². The Bertz CT molecular complexity index is 575. The second-order valence-electron chi connectivity index (χ2n) is 4.18. The second-order valence-corrected chi connectivity index (χ2v) is 5.92. The topological polar surface area (TPSA) is 101 Å². The molecule has 4 N–H and O–H groups in total. The zero-order valence-corrected chi connectivity index (χ0v) is 12.0. The minimum Gasteiger partial charge on any atom is -0.398 e. The summed E-state index contributed by atoms with van der Waals surface area (Å²) in [5.74, 6) is -0.845. The fourth-order valence-electron chi connectivity index (χ4n) is 1.49. The molecule has 0 fully saturated rings. The predicted octanol–water partition coefficient (Wildman–Crippen LogP) is 0.603. The number of carbonyl (C=O) groups excluding carboxylic acids is 1. The van der Waals surface area contributed by atoms with Crippen molar-refractivity contribution in [3.05, 3.63) is 24.0 Å². The third-order valence-corrected chi connectivity index (χ3v) is 4.01. The molecule has 20 heavy (non-hydrogen) atoms. The SMILES string of the molecule is CCCNC(=O)CCNS(=O)(=O)c1ccc(F)cc1N. The van der Waals surface area contributed by atoms with Gasteiger partial charge in [-0.05, 0) is 24.6 Å². The third kappa shape index (κ3) is 4.78. The Kier molecular flexibility index (Phi) is 5.90. The lowest BCUT2D eigenvalue weighted by Crippen LogP contribution is -2.31. The Hall–Kier alpha value is -1.67. The summed E-state index contributed by atoms with van der Waals surface area (Å²) >= 11 is 0. The molecule has 0 atom stereocenters. The van der Waals surface area contributed by atoms with Gasteiger partial charge in [-0.15, -0.1) is 0 Å². The fraction of sp³-hybridized carbons (Fsp3) is 0.417. The zero-order chi connectivity index (χ0) is 15.2. The molecule has 1 aromatic rings. The zero-order valence-electron chi connectivity index (χ0n) is 11.1. The highest BCUT2D eigenvalue weighted by molar-refractivity contribution is 7.89. The monoisotopic (exact) mass is 303 g/mol. The molecule has 0 aliphatic rings. The van der Waals surface area contributed by atoms with E-state index in [9.17, 15) is 17.6 Å². The molecule has 0 saturated carbocycles. The number of carbonyl (C=O) groups is 1. The summed E-state index contributed by atoms with van der Waals surface area (Å²) in [7, 11) is -3.85. The Balaban J connectivity index is 2.60. The summed E-state index contributed by atoms with van der Waals surface area (Å²) in [4.78, 5) is 11.1. The van der Waals surface area contributed by atoms with Gasteiger partial charge in [0.1, 0.15) is 10.7 Å². The normalized spacial score (nSPS) is 11.3. The van der Waals surface area contributed by atoms with Crippen molar-refractivity contribution in [2.75, 3.05) is 18.8 Å². The molecular formula is C12H18FN3O3S. The first-order chi connectivity index (χ1) is 9.36. The molecule has 0 aliphatic heterocycles. The summed E-state index contributed by atoms with van der Waals surface area (Å²) in [5, 5.41) is 2.63. The van der Waals surface area contributed by atoms with Crippen molar-refractivity contribution < 1.29 is 17.6 Å². The molecule has 1 amide bonds. The number of nitrogens with one attached hydrogen (secondary N) is 2. The van der Waals surface area contributed by atoms with Gasteiger partial charge in [0, 0.05) is 19.5 Å². The third-order valence-electron chi connectivity index (χ3n) is 2.48. The van der Waals surface area contributed by atoms with Gasteiger partial charge in [0.05, 0.1) is 5.69 Å². The van der Waals surface area contributed by atoms with Crippen LogP contribution in [0.3, 0.4) is 0 Å². The highest BCUT2D eigenvalue weighted by Gasteiger charge is 2.17. The van der Waals surface area contributed by atoms with Crippen LogP contribution in [0.15, 0.2) is 23.1 Å². The van der Waals surface area contributed by atoms with E-state index in [2.05, 4.69) is 10.0 Å². The van der Waals surface area contributed by atoms with E-state index >= 15 is 0 Å². The summed E-state index contributed by atoms with van der Waals surface area (Å²) < 4.78 is 38.9. The van der Waals surface area contributed by atoms with Gasteiger partial charge in [0.2, 0.25) is 15.9 Å². The molecule has 0 spiro atoms. The van der Waals surface area contributed by atoms with Gasteiger partial charge >= 0.3 is 0 Å². The van der Waals surface area contributed by atoms with Crippen LogP contribution < -0.4 is 15.8 Å². The number of hydrogen-bond donors (Lipinski definition) is 3. The smallest absolute Gasteiger partial charge is 0.242 e. The van der Waals surface area contributed by atoms with Gasteiger partial charge in [-0.1, -0.05) is 6.92 Å². The first-order valence-corrected chi connectivity index (χ1v) is 7.66. The Morgan fingerprint density at radius 2 is 2.05 bits per heavy atom. The van der Waals surface area contributed by atoms with Crippen LogP contribution in [-0.2, 0) is 14.8 Å². The van der Waals surface area contributed by atoms with Crippen molar-refractivity contribution >= 4 is 21.6 Å². The number of benzene rings is 1. The molecule has 1 aromatic carbocycles. The number of halogens is 1. The van der Waals surface area contributed by atoms with Crippen molar-refractivity contribution in [3.63, 3.8) is 0 Å². The molecule has 6 nitrogen and oxygen atoms in total. The summed E-state index contributed by atoms with van der Waals surface area (Å²) in [6.45, 7) is 2.42. The van der Waals surface area contributed by atoms with Crippen LogP contribution in [0.1, 0.15) is 19.8 Å². The first kappa shape index (κ1) is 16.4. The number of anilines is 1. The maximum Gasteiger partial charge on any atom is 0.242 e. The number of hydrogen-bond acceptors (Lipinski definition) is 4. The van der Waals surface area contributed by atoms with E-state index in [-0.39, 0.29) is 29.5 Å². The fourth-order valence-corrected chi connectivity index (χ4v) is 2.64. The molecule has 0 bridgehead atoms. The second kappa shape index (κ2) is 7.20. The van der Waals surface area contributed by atoms with Gasteiger partial charge < -0.3 is 11.1 Å². The molecule has 0 aromatic heterocycles. The van der Waals surface area contributed by atoms with Gasteiger partial charge in [-0.25, -0.2) is 17.5 Å². The standard InChI is InChI=1S/C12H18FN3O3S/c1-2-6-15-12(17)5-7-16-20(18,19)11-4-3-9(13)8-10(11)14/h3-4,8,16H,2,5-7,14H2,1H3,(H,15,17). The van der Waals surface area contributed by atoms with E-state index in [1.54, 1.807) is 0 Å². The summed E-state index contributed by atoms with van der Waals surface area (Å²) in [5.41, 5.74) is 5.29. The molecule has 0 saturated heterocycles. The summed E-state index contributed by atoms with van der Waals surface area (Å²) in [6, 6.07) is 3.03. The van der Waals surface area contributed by atoms with Gasteiger partial charge in [0.15, 0.2) is 0 Å². The van der Waals surface area contributed by atoms with E-state index in [4.69, 9.17) is 5.73 Å². The number of amides is 1. The lowest BCUT2D eigenvalue weighted by Gasteiger charge is -2.09. The Morgan fingerprint density at radius 3 is 2.65 bits per heavy atom. The minimum atomic E-state index is -3.85. The number of rotatable bonds is 7. The number of sulfonamides is 1. The first-order valence-electron chi connectivity index (χ1n) is 6.18. The van der Waals surface area contributed by atoms with E-state index < -0.39 is 15.8 Å². The van der Waals surface area contributed by atoms with Crippen molar-refractivity contribution in [3.8, 4) is 0 Å². The van der Waals surface area contributed by atoms with Crippen LogP contribution >= 0.6 is 0 Å². The largest absolute Gasteiger partial charge is 0.398 e. The molecule has 0 radical (unpaired) electrons. The van der Waals surface area contributed by atoms with E-state index in [1.165, 1.54) is 0 Å². The molecule has 1 rings (SSSR count). The molecular weight excluding hydrogens is 285 g/mol. The summed E-state index contributed by atoms with van der Waals surface area (Å²) in [6.07, 6.45) is 0.837. The van der Waals surface area contributed by atoms with Gasteiger partial charge in [-0.3, -0.25) is 4.79 Å². The quantitative estimate of drug-likeness (QED) is 0.642. The van der Waals surface area contributed by atoms with Crippen LogP contribution in [0.4, 0.5) is 10.1 Å². The van der Waals surface area contributed by atoms with E-state index in [0.717, 1.165) is 24.6 Å². The number of nitrogens with two attached hydrogens (primary N) is 1. The lowest BCUT2D eigenvalue weighted by molar-refractivity contribution is -0.120. The maximum atomic E-state index is 12.9. The van der Waals surface area contributed by atoms with Gasteiger partial charge in [-0.2, -0.15) is 0 Å². The highest BCUT2D eigenvalue weighted by atomic mass is 32.2. The average Bonchev–Trinajstić information content (AvgIpc) is 2.35. The molecule has 112 valence electrons. The molecule has 0 unspecified atom stereocenters. The lowest BCUT2D eigenvalue weighted by atomic mass is 10.3. The van der Waals surface area contributed by atoms with Crippen LogP contribution in [0.25, 0.3) is 0 Å². The van der Waals surface area contributed by atoms with Crippen molar-refractivity contribution in [2.24, 2.45) is 0 Å². The van der Waals surface area contributed by atoms with Crippen LogP contribution in [0.2, 0.25) is 0 Å². The van der Waals surface area contributed by atoms with Crippen LogP contribution in [0, 0.1) is 5.82 Å². The van der Waals surface area contributed by atoms with Gasteiger partial charge in [0.25, 0.3) is 0 Å². The maximum absolute atomic E-state index is 12.9. The molecule has 8 heteroatoms. The Labute approximate surface area is 117 Å². The molecule has 0 heterocycles. The van der Waals surface area contributed by atoms with Crippen molar-refractivity contribution in [1.82, 2.24) is 10.0 Å². The van der Waals surface area contributed by atoms with Crippen molar-refractivity contribution in [1.29, 1.82) is 0 Å². The minimum absolute atomic E-state index is 0.0281. The van der Waals surface area contributed by atoms with Crippen LogP contribution in [0.5, 0.6) is 0 Å². The van der Waals surface area contributed by atoms with E-state index in [1.807, 2.05) is 6.92 Å². The predicted molar refractivity (Wildman–Crippen MR) is 73.9 cm³/mol.